The highest BCUT2D eigenvalue weighted by Gasteiger charge is 2.51. The van der Waals surface area contributed by atoms with Crippen LogP contribution in [0.3, 0.4) is 0 Å². The number of nitrogens with one attached hydrogen (secondary N) is 1. The van der Waals surface area contributed by atoms with Gasteiger partial charge in [0.15, 0.2) is 0 Å². The molecule has 5 heteroatoms. The summed E-state index contributed by atoms with van der Waals surface area (Å²) in [6.07, 6.45) is 4.32. The lowest BCUT2D eigenvalue weighted by Gasteiger charge is -2.16. The summed E-state index contributed by atoms with van der Waals surface area (Å²) in [7, 11) is 0. The molecule has 0 bridgehead atoms. The number of rotatable bonds is 8. The number of hydrogen-bond acceptors (Lipinski definition) is 2. The van der Waals surface area contributed by atoms with Gasteiger partial charge in [0.1, 0.15) is 0 Å². The fourth-order valence-electron chi connectivity index (χ4n) is 2.51. The molecule has 2 rings (SSSR count). The van der Waals surface area contributed by atoms with Gasteiger partial charge in [-0.15, -0.1) is 0 Å². The zero-order chi connectivity index (χ0) is 15.3. The molecule has 21 heavy (non-hydrogen) atoms. The molecule has 0 radical (unpaired) electrons. The van der Waals surface area contributed by atoms with Gasteiger partial charge in [-0.2, -0.15) is 0 Å². The molecule has 0 aliphatic heterocycles. The van der Waals surface area contributed by atoms with E-state index in [1.54, 1.807) is 0 Å². The predicted octanol–water partition coefficient (Wildman–Crippen LogP) is 3.24. The highest BCUT2D eigenvalue weighted by Crippen LogP contribution is 2.48. The van der Waals surface area contributed by atoms with E-state index in [-0.39, 0.29) is 17.7 Å². The van der Waals surface area contributed by atoms with E-state index in [0.717, 1.165) is 35.7 Å². The summed E-state index contributed by atoms with van der Waals surface area (Å²) in [5.41, 5.74) is 0.727. The van der Waals surface area contributed by atoms with Crippen molar-refractivity contribution in [2.45, 2.75) is 43.9 Å². The monoisotopic (exact) mass is 353 g/mol. The van der Waals surface area contributed by atoms with Crippen LogP contribution < -0.4 is 5.32 Å². The van der Waals surface area contributed by atoms with E-state index < -0.39 is 5.97 Å². The van der Waals surface area contributed by atoms with Gasteiger partial charge in [0.2, 0.25) is 5.91 Å². The van der Waals surface area contributed by atoms with Crippen LogP contribution in [0.15, 0.2) is 28.7 Å². The van der Waals surface area contributed by atoms with E-state index in [1.165, 1.54) is 0 Å². The Hall–Kier alpha value is -1.36. The SMILES string of the molecule is O=C(O)CCCCCNC(=O)C1(c2cccc(Br)c2)CC1. The van der Waals surface area contributed by atoms with Crippen molar-refractivity contribution in [2.24, 2.45) is 0 Å². The highest BCUT2D eigenvalue weighted by molar-refractivity contribution is 9.10. The number of halogens is 1. The Bertz CT molecular complexity index is 526. The number of carboxylic acid groups (broad SMARTS) is 1. The van der Waals surface area contributed by atoms with Crippen molar-refractivity contribution in [2.75, 3.05) is 6.54 Å². The topological polar surface area (TPSA) is 66.4 Å². The fraction of sp³-hybridized carbons (Fsp3) is 0.500. The van der Waals surface area contributed by atoms with Gasteiger partial charge >= 0.3 is 5.97 Å². The summed E-state index contributed by atoms with van der Waals surface area (Å²) in [6.45, 7) is 0.619. The minimum absolute atomic E-state index is 0.0961. The summed E-state index contributed by atoms with van der Waals surface area (Å²) >= 11 is 3.44. The summed E-state index contributed by atoms with van der Waals surface area (Å²) in [4.78, 5) is 22.8. The van der Waals surface area contributed by atoms with Crippen molar-refractivity contribution in [3.8, 4) is 0 Å². The summed E-state index contributed by atoms with van der Waals surface area (Å²) in [5, 5.41) is 11.5. The van der Waals surface area contributed by atoms with Crippen LogP contribution in [-0.4, -0.2) is 23.5 Å². The van der Waals surface area contributed by atoms with E-state index in [9.17, 15) is 9.59 Å². The molecule has 0 saturated heterocycles. The summed E-state index contributed by atoms with van der Waals surface area (Å²) in [6, 6.07) is 7.93. The van der Waals surface area contributed by atoms with E-state index in [0.29, 0.717) is 13.0 Å². The molecular weight excluding hydrogens is 334 g/mol. The Labute approximate surface area is 133 Å². The minimum atomic E-state index is -0.759. The van der Waals surface area contributed by atoms with E-state index in [1.807, 2.05) is 24.3 Å². The van der Waals surface area contributed by atoms with E-state index >= 15 is 0 Å². The third kappa shape index (κ3) is 4.30. The molecule has 2 N–H and O–H groups in total. The lowest BCUT2D eigenvalue weighted by molar-refractivity contribution is -0.137. The number of unbranched alkanes of at least 4 members (excludes halogenated alkanes) is 2. The second-order valence-corrected chi connectivity index (χ2v) is 6.47. The van der Waals surface area contributed by atoms with Crippen LogP contribution in [0.5, 0.6) is 0 Å². The summed E-state index contributed by atoms with van der Waals surface area (Å²) in [5.74, 6) is -0.663. The molecule has 0 heterocycles. The first-order valence-electron chi connectivity index (χ1n) is 7.31. The molecule has 0 spiro atoms. The van der Waals surface area contributed by atoms with Crippen molar-refractivity contribution >= 4 is 27.8 Å². The molecule has 0 aromatic heterocycles. The molecule has 4 nitrogen and oxygen atoms in total. The van der Waals surface area contributed by atoms with Crippen molar-refractivity contribution in [1.29, 1.82) is 0 Å². The van der Waals surface area contributed by atoms with Crippen molar-refractivity contribution in [3.63, 3.8) is 0 Å². The zero-order valence-corrected chi connectivity index (χ0v) is 13.5. The maximum absolute atomic E-state index is 12.4. The molecule has 0 atom stereocenters. The summed E-state index contributed by atoms with van der Waals surface area (Å²) < 4.78 is 0.993. The first-order valence-corrected chi connectivity index (χ1v) is 8.10. The van der Waals surface area contributed by atoms with Crippen LogP contribution in [0.2, 0.25) is 0 Å². The van der Waals surface area contributed by atoms with Gasteiger partial charge in [-0.3, -0.25) is 9.59 Å². The number of carbonyl (C=O) groups excluding carboxylic acids is 1. The van der Waals surface area contributed by atoms with Gasteiger partial charge in [-0.1, -0.05) is 34.5 Å². The number of carboxylic acids is 1. The van der Waals surface area contributed by atoms with Crippen LogP contribution >= 0.6 is 15.9 Å². The zero-order valence-electron chi connectivity index (χ0n) is 11.9. The average molecular weight is 354 g/mol. The average Bonchev–Trinajstić information content (AvgIpc) is 3.24. The third-order valence-corrected chi connectivity index (χ3v) is 4.41. The number of amides is 1. The van der Waals surface area contributed by atoms with Crippen LogP contribution in [0, 0.1) is 0 Å². The van der Waals surface area contributed by atoms with Crippen LogP contribution in [0.4, 0.5) is 0 Å². The Morgan fingerprint density at radius 2 is 2.00 bits per heavy atom. The van der Waals surface area contributed by atoms with Crippen LogP contribution in [0.1, 0.15) is 44.1 Å². The Morgan fingerprint density at radius 1 is 1.24 bits per heavy atom. The second-order valence-electron chi connectivity index (χ2n) is 5.55. The van der Waals surface area contributed by atoms with E-state index in [2.05, 4.69) is 21.2 Å². The largest absolute Gasteiger partial charge is 0.481 e. The first kappa shape index (κ1) is 16.0. The fourth-order valence-corrected chi connectivity index (χ4v) is 2.91. The number of benzene rings is 1. The van der Waals surface area contributed by atoms with Crippen molar-refractivity contribution < 1.29 is 14.7 Å². The van der Waals surface area contributed by atoms with Crippen LogP contribution in [-0.2, 0) is 15.0 Å². The Morgan fingerprint density at radius 3 is 2.62 bits per heavy atom. The lowest BCUT2D eigenvalue weighted by Crippen LogP contribution is -2.35. The standard InChI is InChI=1S/C16H20BrNO3/c17-13-6-4-5-12(11-13)16(8-9-16)15(21)18-10-3-1-2-7-14(19)20/h4-6,11H,1-3,7-10H2,(H,18,21)(H,19,20). The third-order valence-electron chi connectivity index (χ3n) is 3.91. The lowest BCUT2D eigenvalue weighted by atomic mass is 9.95. The molecule has 0 unspecified atom stereocenters. The first-order chi connectivity index (χ1) is 10.0. The van der Waals surface area contributed by atoms with Gasteiger partial charge in [-0.05, 0) is 43.4 Å². The molecule has 114 valence electrons. The molecular formula is C16H20BrNO3. The normalized spacial score (nSPS) is 15.5. The Balaban J connectivity index is 1.77. The molecule has 1 amide bonds. The Kier molecular flexibility index (Phi) is 5.39. The highest BCUT2D eigenvalue weighted by atomic mass is 79.9. The smallest absolute Gasteiger partial charge is 0.303 e. The van der Waals surface area contributed by atoms with E-state index in [4.69, 9.17) is 5.11 Å². The number of carbonyl (C=O) groups is 2. The van der Waals surface area contributed by atoms with Gasteiger partial charge in [0.05, 0.1) is 5.41 Å². The van der Waals surface area contributed by atoms with Gasteiger partial charge in [0.25, 0.3) is 0 Å². The number of aliphatic carboxylic acids is 1. The molecule has 1 aromatic rings. The van der Waals surface area contributed by atoms with Gasteiger partial charge in [0, 0.05) is 17.4 Å². The predicted molar refractivity (Wildman–Crippen MR) is 84.2 cm³/mol. The quantitative estimate of drug-likeness (QED) is 0.705. The maximum Gasteiger partial charge on any atom is 0.303 e. The molecule has 1 aromatic carbocycles. The van der Waals surface area contributed by atoms with Gasteiger partial charge in [-0.25, -0.2) is 0 Å². The van der Waals surface area contributed by atoms with Crippen molar-refractivity contribution in [1.82, 2.24) is 5.32 Å². The molecule has 1 aliphatic carbocycles. The van der Waals surface area contributed by atoms with Crippen LogP contribution in [0.25, 0.3) is 0 Å². The molecule has 1 saturated carbocycles. The minimum Gasteiger partial charge on any atom is -0.481 e. The molecule has 1 aliphatic rings. The number of hydrogen-bond donors (Lipinski definition) is 2. The van der Waals surface area contributed by atoms with Crippen molar-refractivity contribution in [3.05, 3.63) is 34.3 Å². The second kappa shape index (κ2) is 7.07. The van der Waals surface area contributed by atoms with Gasteiger partial charge < -0.3 is 10.4 Å². The maximum atomic E-state index is 12.4. The molecule has 1 fully saturated rings.